The number of amides is 1. The topological polar surface area (TPSA) is 91.8 Å². The van der Waals surface area contributed by atoms with Gasteiger partial charge in [-0.15, -0.1) is 10.2 Å². The molecule has 132 valence electrons. The van der Waals surface area contributed by atoms with Gasteiger partial charge >= 0.3 is 0 Å². The van der Waals surface area contributed by atoms with E-state index in [0.717, 1.165) is 24.2 Å². The van der Waals surface area contributed by atoms with Gasteiger partial charge in [0, 0.05) is 25.2 Å². The molecule has 0 radical (unpaired) electrons. The van der Waals surface area contributed by atoms with Crippen molar-refractivity contribution in [3.05, 3.63) is 36.0 Å². The zero-order chi connectivity index (χ0) is 17.5. The van der Waals surface area contributed by atoms with Crippen LogP contribution in [0.25, 0.3) is 0 Å². The van der Waals surface area contributed by atoms with Crippen LogP contribution in [0, 0.1) is 12.8 Å². The summed E-state index contributed by atoms with van der Waals surface area (Å²) in [5.74, 6) is 2.43. The molecule has 0 saturated heterocycles. The molecule has 3 rings (SSSR count). The molecule has 2 aromatic rings. The van der Waals surface area contributed by atoms with Crippen LogP contribution in [0.1, 0.15) is 31.2 Å². The van der Waals surface area contributed by atoms with E-state index in [0.29, 0.717) is 24.7 Å². The van der Waals surface area contributed by atoms with Gasteiger partial charge in [-0.05, 0) is 43.5 Å². The summed E-state index contributed by atoms with van der Waals surface area (Å²) in [5, 5.41) is 17.5. The summed E-state index contributed by atoms with van der Waals surface area (Å²) in [6.07, 6.45) is 6.18. The minimum Gasteiger partial charge on any atom is -0.367 e. The van der Waals surface area contributed by atoms with Gasteiger partial charge in [-0.2, -0.15) is 0 Å². The van der Waals surface area contributed by atoms with Crippen LogP contribution in [0.4, 0.5) is 17.5 Å². The summed E-state index contributed by atoms with van der Waals surface area (Å²) in [6.45, 7) is 3.21. The van der Waals surface area contributed by atoms with Crippen molar-refractivity contribution in [1.29, 1.82) is 0 Å². The van der Waals surface area contributed by atoms with E-state index in [1.54, 1.807) is 6.20 Å². The zero-order valence-corrected chi connectivity index (χ0v) is 14.5. The Morgan fingerprint density at radius 1 is 1.04 bits per heavy atom. The van der Waals surface area contributed by atoms with Crippen LogP contribution in [-0.4, -0.2) is 34.2 Å². The van der Waals surface area contributed by atoms with Gasteiger partial charge < -0.3 is 16.0 Å². The summed E-state index contributed by atoms with van der Waals surface area (Å²) in [4.78, 5) is 16.2. The van der Waals surface area contributed by atoms with Crippen molar-refractivity contribution in [2.75, 3.05) is 23.7 Å². The quantitative estimate of drug-likeness (QED) is 0.671. The van der Waals surface area contributed by atoms with Gasteiger partial charge in [0.05, 0.1) is 0 Å². The van der Waals surface area contributed by atoms with Gasteiger partial charge in [-0.3, -0.25) is 4.79 Å². The Balaban J connectivity index is 1.40. The summed E-state index contributed by atoms with van der Waals surface area (Å²) >= 11 is 0. The molecule has 1 fully saturated rings. The average Bonchev–Trinajstić information content (AvgIpc) is 3.17. The van der Waals surface area contributed by atoms with Gasteiger partial charge in [-0.25, -0.2) is 4.98 Å². The van der Waals surface area contributed by atoms with E-state index >= 15 is 0 Å². The summed E-state index contributed by atoms with van der Waals surface area (Å²) < 4.78 is 0. The number of pyridine rings is 1. The average molecular weight is 340 g/mol. The van der Waals surface area contributed by atoms with Gasteiger partial charge in [0.25, 0.3) is 0 Å². The molecule has 1 aliphatic carbocycles. The molecule has 1 amide bonds. The highest BCUT2D eigenvalue weighted by Gasteiger charge is 2.21. The Hall–Kier alpha value is -2.70. The molecular formula is C18H24N6O. The fourth-order valence-electron chi connectivity index (χ4n) is 2.87. The van der Waals surface area contributed by atoms with Gasteiger partial charge in [0.2, 0.25) is 5.91 Å². The van der Waals surface area contributed by atoms with E-state index in [1.165, 1.54) is 12.8 Å². The van der Waals surface area contributed by atoms with Gasteiger partial charge in [0.1, 0.15) is 11.6 Å². The number of nitrogens with zero attached hydrogens (tertiary/aromatic N) is 3. The Bertz CT molecular complexity index is 680. The molecular weight excluding hydrogens is 316 g/mol. The van der Waals surface area contributed by atoms with Crippen molar-refractivity contribution in [3.8, 4) is 0 Å². The Labute approximate surface area is 147 Å². The first-order chi connectivity index (χ1) is 12.2. The number of anilines is 3. The van der Waals surface area contributed by atoms with Crippen molar-refractivity contribution >= 4 is 23.4 Å². The lowest BCUT2D eigenvalue weighted by Gasteiger charge is -2.11. The van der Waals surface area contributed by atoms with Crippen molar-refractivity contribution in [2.45, 2.75) is 32.6 Å². The molecule has 1 saturated carbocycles. The predicted octanol–water partition coefficient (Wildman–Crippen LogP) is 2.64. The summed E-state index contributed by atoms with van der Waals surface area (Å²) in [6, 6.07) is 7.57. The van der Waals surface area contributed by atoms with E-state index in [9.17, 15) is 4.79 Å². The highest BCUT2D eigenvalue weighted by atomic mass is 16.1. The second-order valence-electron chi connectivity index (χ2n) is 6.35. The summed E-state index contributed by atoms with van der Waals surface area (Å²) in [7, 11) is 0. The molecule has 0 aromatic carbocycles. The first-order valence-electron chi connectivity index (χ1n) is 8.76. The molecule has 2 heterocycles. The first-order valence-corrected chi connectivity index (χ1v) is 8.76. The van der Waals surface area contributed by atoms with Crippen LogP contribution in [0.2, 0.25) is 0 Å². The maximum atomic E-state index is 11.9. The number of nitrogens with one attached hydrogen (secondary N) is 3. The van der Waals surface area contributed by atoms with E-state index < -0.39 is 0 Å². The van der Waals surface area contributed by atoms with E-state index in [4.69, 9.17) is 0 Å². The standard InChI is InChI=1S/C18H24N6O/c1-13-6-7-15(21-12-13)22-17-9-8-16(23-24-17)19-10-11-20-18(25)14-4-2-3-5-14/h6-9,12,14H,2-5,10-11H2,1H3,(H,19,23)(H,20,25)(H,21,22,24). The molecule has 7 nitrogen and oxygen atoms in total. The van der Waals surface area contributed by atoms with Crippen molar-refractivity contribution in [1.82, 2.24) is 20.5 Å². The second kappa shape index (κ2) is 8.41. The molecule has 7 heteroatoms. The lowest BCUT2D eigenvalue weighted by molar-refractivity contribution is -0.124. The van der Waals surface area contributed by atoms with Crippen LogP contribution in [-0.2, 0) is 4.79 Å². The van der Waals surface area contributed by atoms with Crippen molar-refractivity contribution < 1.29 is 4.79 Å². The number of hydrogen-bond acceptors (Lipinski definition) is 6. The SMILES string of the molecule is Cc1ccc(Nc2ccc(NCCNC(=O)C3CCCC3)nn2)nc1. The third kappa shape index (κ3) is 5.14. The highest BCUT2D eigenvalue weighted by Crippen LogP contribution is 2.24. The Morgan fingerprint density at radius 2 is 1.76 bits per heavy atom. The van der Waals surface area contributed by atoms with Crippen LogP contribution in [0.3, 0.4) is 0 Å². The largest absolute Gasteiger partial charge is 0.367 e. The van der Waals surface area contributed by atoms with Crippen LogP contribution >= 0.6 is 0 Å². The maximum absolute atomic E-state index is 11.9. The smallest absolute Gasteiger partial charge is 0.223 e. The van der Waals surface area contributed by atoms with Crippen LogP contribution in [0.15, 0.2) is 30.5 Å². The normalized spacial score (nSPS) is 14.3. The molecule has 2 aromatic heterocycles. The Morgan fingerprint density at radius 3 is 2.44 bits per heavy atom. The maximum Gasteiger partial charge on any atom is 0.223 e. The number of aromatic nitrogens is 3. The van der Waals surface area contributed by atoms with E-state index in [-0.39, 0.29) is 11.8 Å². The zero-order valence-electron chi connectivity index (χ0n) is 14.5. The number of carbonyl (C=O) groups is 1. The molecule has 3 N–H and O–H groups in total. The molecule has 0 atom stereocenters. The third-order valence-electron chi connectivity index (χ3n) is 4.29. The fourth-order valence-corrected chi connectivity index (χ4v) is 2.87. The van der Waals surface area contributed by atoms with Crippen molar-refractivity contribution in [2.24, 2.45) is 5.92 Å². The molecule has 0 bridgehead atoms. The monoisotopic (exact) mass is 340 g/mol. The van der Waals surface area contributed by atoms with Gasteiger partial charge in [-0.1, -0.05) is 18.9 Å². The van der Waals surface area contributed by atoms with E-state index in [1.807, 2.05) is 31.2 Å². The van der Waals surface area contributed by atoms with Crippen LogP contribution < -0.4 is 16.0 Å². The molecule has 1 aliphatic rings. The minimum atomic E-state index is 0.176. The molecule has 0 unspecified atom stereocenters. The van der Waals surface area contributed by atoms with Gasteiger partial charge in [0.15, 0.2) is 5.82 Å². The number of rotatable bonds is 7. The molecule has 25 heavy (non-hydrogen) atoms. The highest BCUT2D eigenvalue weighted by molar-refractivity contribution is 5.78. The Kier molecular flexibility index (Phi) is 5.77. The number of hydrogen-bond donors (Lipinski definition) is 3. The van der Waals surface area contributed by atoms with E-state index in [2.05, 4.69) is 31.1 Å². The minimum absolute atomic E-state index is 0.176. The molecule has 0 aliphatic heterocycles. The first kappa shape index (κ1) is 17.1. The third-order valence-corrected chi connectivity index (χ3v) is 4.29. The number of aryl methyl sites for hydroxylation is 1. The lowest BCUT2D eigenvalue weighted by Crippen LogP contribution is -2.33. The number of carbonyl (C=O) groups excluding carboxylic acids is 1. The van der Waals surface area contributed by atoms with Crippen LogP contribution in [0.5, 0.6) is 0 Å². The second-order valence-corrected chi connectivity index (χ2v) is 6.35. The predicted molar refractivity (Wildman–Crippen MR) is 97.7 cm³/mol. The summed E-state index contributed by atoms with van der Waals surface area (Å²) in [5.41, 5.74) is 1.11. The fraction of sp³-hybridized carbons (Fsp3) is 0.444. The molecule has 0 spiro atoms. The van der Waals surface area contributed by atoms with Crippen molar-refractivity contribution in [3.63, 3.8) is 0 Å². The lowest BCUT2D eigenvalue weighted by atomic mass is 10.1.